The van der Waals surface area contributed by atoms with Crippen molar-refractivity contribution < 1.29 is 46.3 Å². The Balaban J connectivity index is 1.17. The number of benzene rings is 1. The molecule has 1 aromatic carbocycles. The second-order valence-corrected chi connectivity index (χ2v) is 14.0. The molecule has 4 fully saturated rings. The Morgan fingerprint density at radius 2 is 1.95 bits per heavy atom. The molecule has 230 valence electrons. The van der Waals surface area contributed by atoms with Crippen LogP contribution in [0.1, 0.15) is 56.1 Å². The van der Waals surface area contributed by atoms with Crippen molar-refractivity contribution in [1.82, 2.24) is 14.5 Å². The Labute approximate surface area is 247 Å². The number of hydrogen-bond donors (Lipinski definition) is 1. The maximum absolute atomic E-state index is 14.2. The first kappa shape index (κ1) is 29.3. The fraction of sp³-hybridized carbons (Fsp3) is 0.552. The zero-order valence-corrected chi connectivity index (χ0v) is 24.1. The first-order chi connectivity index (χ1) is 20.4. The van der Waals surface area contributed by atoms with Gasteiger partial charge in [-0.25, -0.2) is 17.6 Å². The van der Waals surface area contributed by atoms with Crippen LogP contribution in [0, 0.1) is 17.2 Å². The van der Waals surface area contributed by atoms with Gasteiger partial charge in [0.15, 0.2) is 11.9 Å². The third kappa shape index (κ3) is 5.52. The molecule has 1 N–H and O–H groups in total. The Hall–Kier alpha value is -3.81. The predicted octanol–water partition coefficient (Wildman–Crippen LogP) is 1.71. The van der Waals surface area contributed by atoms with E-state index in [0.29, 0.717) is 24.0 Å². The molecule has 1 aromatic rings. The van der Waals surface area contributed by atoms with Gasteiger partial charge in [0.25, 0.3) is 5.91 Å². The number of halogens is 1. The van der Waals surface area contributed by atoms with Gasteiger partial charge in [0.1, 0.15) is 11.9 Å². The number of rotatable bonds is 9. The number of carbonyl (C=O) groups is 5. The first-order valence-corrected chi connectivity index (χ1v) is 15.9. The number of cyclic esters (lactones) is 1. The van der Waals surface area contributed by atoms with Gasteiger partial charge in [0.2, 0.25) is 15.9 Å². The number of esters is 1. The highest BCUT2D eigenvalue weighted by Crippen LogP contribution is 2.57. The van der Waals surface area contributed by atoms with Crippen molar-refractivity contribution in [1.29, 1.82) is 0 Å². The van der Waals surface area contributed by atoms with Crippen LogP contribution < -0.4 is 4.72 Å². The smallest absolute Gasteiger partial charge is 0.410 e. The maximum atomic E-state index is 14.2. The molecule has 0 spiro atoms. The number of Topliss-reactive ketones (excluding diaryl/α,β-unsaturated/α-hetero) is 1. The molecule has 2 saturated carbocycles. The fourth-order valence-electron chi connectivity index (χ4n) is 6.35. The topological polar surface area (TPSA) is 156 Å². The second-order valence-electron chi connectivity index (χ2n) is 12.0. The molecule has 3 heterocycles. The van der Waals surface area contributed by atoms with E-state index < -0.39 is 80.3 Å². The van der Waals surface area contributed by atoms with Gasteiger partial charge in [-0.3, -0.25) is 28.8 Å². The number of sulfonamides is 1. The summed E-state index contributed by atoms with van der Waals surface area (Å²) in [5.74, 6) is -3.29. The quantitative estimate of drug-likeness (QED) is 0.322. The maximum Gasteiger partial charge on any atom is 0.410 e. The van der Waals surface area contributed by atoms with Gasteiger partial charge < -0.3 is 14.4 Å². The third-order valence-electron chi connectivity index (χ3n) is 9.09. The van der Waals surface area contributed by atoms with E-state index in [1.54, 1.807) is 12.1 Å². The van der Waals surface area contributed by atoms with Crippen molar-refractivity contribution in [3.8, 4) is 0 Å². The Morgan fingerprint density at radius 3 is 2.58 bits per heavy atom. The van der Waals surface area contributed by atoms with Gasteiger partial charge in [-0.1, -0.05) is 18.2 Å². The van der Waals surface area contributed by atoms with Crippen molar-refractivity contribution in [2.45, 2.75) is 81.5 Å². The molecule has 43 heavy (non-hydrogen) atoms. The number of carbonyl (C=O) groups excluding carboxylic acids is 5. The van der Waals surface area contributed by atoms with Crippen LogP contribution in [0.15, 0.2) is 30.9 Å². The van der Waals surface area contributed by atoms with Gasteiger partial charge in [0, 0.05) is 37.8 Å². The van der Waals surface area contributed by atoms with Crippen molar-refractivity contribution in [2.75, 3.05) is 6.54 Å². The molecule has 2 aliphatic carbocycles. The van der Waals surface area contributed by atoms with Crippen LogP contribution in [0.5, 0.6) is 0 Å². The van der Waals surface area contributed by atoms with E-state index in [9.17, 15) is 36.8 Å². The van der Waals surface area contributed by atoms with Gasteiger partial charge >= 0.3 is 12.1 Å². The van der Waals surface area contributed by atoms with E-state index in [-0.39, 0.29) is 51.7 Å². The molecule has 1 unspecified atom stereocenters. The number of likely N-dealkylation sites (tertiary alicyclic amines) is 1. The molecule has 12 nitrogen and oxygen atoms in total. The minimum absolute atomic E-state index is 0.0148. The summed E-state index contributed by atoms with van der Waals surface area (Å²) >= 11 is 0. The van der Waals surface area contributed by atoms with Crippen LogP contribution >= 0.6 is 0 Å². The number of nitrogens with zero attached hydrogens (tertiary/aromatic N) is 2. The lowest BCUT2D eigenvalue weighted by atomic mass is 9.91. The Morgan fingerprint density at radius 1 is 1.19 bits per heavy atom. The van der Waals surface area contributed by atoms with Crippen molar-refractivity contribution in [3.63, 3.8) is 0 Å². The summed E-state index contributed by atoms with van der Waals surface area (Å²) in [5, 5.41) is -0.627. The monoisotopic (exact) mass is 617 g/mol. The largest absolute Gasteiger partial charge is 0.452 e. The number of ether oxygens (including phenoxy) is 2. The molecule has 3 aliphatic heterocycles. The average molecular weight is 618 g/mol. The molecular weight excluding hydrogens is 585 g/mol. The summed E-state index contributed by atoms with van der Waals surface area (Å²) in [7, 11) is -3.85. The number of allylic oxidation sites excluding steroid dienone is 1. The van der Waals surface area contributed by atoms with Crippen LogP contribution in [0.4, 0.5) is 9.18 Å². The molecular formula is C29H32FN3O9S. The van der Waals surface area contributed by atoms with Crippen LogP contribution in [-0.4, -0.2) is 77.9 Å². The summed E-state index contributed by atoms with van der Waals surface area (Å²) in [4.78, 5) is 67.7. The molecule has 0 bridgehead atoms. The van der Waals surface area contributed by atoms with Gasteiger partial charge in [-0.15, -0.1) is 6.58 Å². The molecule has 0 radical (unpaired) electrons. The van der Waals surface area contributed by atoms with Crippen molar-refractivity contribution in [3.05, 3.63) is 47.8 Å². The highest BCUT2D eigenvalue weighted by molar-refractivity contribution is 7.90. The summed E-state index contributed by atoms with van der Waals surface area (Å²) in [5.41, 5.74) is -0.271. The lowest BCUT2D eigenvalue weighted by Gasteiger charge is -2.27. The van der Waals surface area contributed by atoms with Gasteiger partial charge in [-0.05, 0) is 36.8 Å². The van der Waals surface area contributed by atoms with Crippen LogP contribution in [0.2, 0.25) is 0 Å². The van der Waals surface area contributed by atoms with Crippen molar-refractivity contribution >= 4 is 39.7 Å². The van der Waals surface area contributed by atoms with Crippen molar-refractivity contribution in [2.24, 2.45) is 11.3 Å². The molecule has 3 amide bonds. The fourth-order valence-corrected chi connectivity index (χ4v) is 7.74. The van der Waals surface area contributed by atoms with E-state index in [4.69, 9.17) is 9.47 Å². The van der Waals surface area contributed by atoms with E-state index in [1.165, 1.54) is 21.9 Å². The van der Waals surface area contributed by atoms with Gasteiger partial charge in [-0.2, -0.15) is 0 Å². The van der Waals surface area contributed by atoms with E-state index >= 15 is 0 Å². The lowest BCUT2D eigenvalue weighted by molar-refractivity contribution is -0.154. The SMILES string of the molecule is C=C[C@@H]1C[C@]1(CC(=O)[C@@H]1CC(OC(=O)N2Cc3cccc(F)c3C2)CN1C(=O)[C@H]1CCC(=O)O1)C(=O)NS(=O)(=O)C1CC1. The summed E-state index contributed by atoms with van der Waals surface area (Å²) < 4.78 is 52.1. The minimum atomic E-state index is -3.85. The molecule has 14 heteroatoms. The molecule has 5 aliphatic rings. The number of fused-ring (bicyclic) bond motifs is 1. The van der Waals surface area contributed by atoms with Crippen LogP contribution in [-0.2, 0) is 51.8 Å². The lowest BCUT2D eigenvalue weighted by Crippen LogP contribution is -2.47. The highest BCUT2D eigenvalue weighted by Gasteiger charge is 2.61. The van der Waals surface area contributed by atoms with Crippen LogP contribution in [0.3, 0.4) is 0 Å². The normalized spacial score (nSPS) is 29.6. The molecule has 0 aromatic heterocycles. The summed E-state index contributed by atoms with van der Waals surface area (Å²) in [6, 6.07) is 3.48. The third-order valence-corrected chi connectivity index (χ3v) is 10.9. The predicted molar refractivity (Wildman–Crippen MR) is 146 cm³/mol. The average Bonchev–Trinajstić information content (AvgIpc) is 3.78. The summed E-state index contributed by atoms with van der Waals surface area (Å²) in [6.45, 7) is 3.73. The number of amides is 3. The minimum Gasteiger partial charge on any atom is -0.452 e. The Bertz CT molecular complexity index is 1530. The zero-order valence-electron chi connectivity index (χ0n) is 23.3. The second kappa shape index (κ2) is 10.7. The molecule has 5 atom stereocenters. The number of nitrogens with one attached hydrogen (secondary N) is 1. The van der Waals surface area contributed by atoms with E-state index in [0.717, 1.165) is 0 Å². The van der Waals surface area contributed by atoms with E-state index in [1.807, 2.05) is 0 Å². The highest BCUT2D eigenvalue weighted by atomic mass is 32.2. The standard InChI is InChI=1S/C29H32FN3O9S/c1-2-17-11-29(17,27(37)31-43(39,40)19-6-7-19)12-23(34)22-10-18(14-33(22)26(36)24-8-9-25(35)42-24)41-28(38)32-13-16-4-3-5-21(30)20(16)15-32/h2-5,17-19,22,24H,1,6-15H2,(H,31,37)/t17-,18?,22+,24-,29-/m1/s1. The number of ketones is 1. The van der Waals surface area contributed by atoms with E-state index in [2.05, 4.69) is 11.3 Å². The Kier molecular flexibility index (Phi) is 7.30. The molecule has 2 saturated heterocycles. The zero-order chi connectivity index (χ0) is 30.7. The summed E-state index contributed by atoms with van der Waals surface area (Å²) in [6.07, 6.45) is -0.295. The molecule has 6 rings (SSSR count). The van der Waals surface area contributed by atoms with Gasteiger partial charge in [0.05, 0.1) is 29.8 Å². The van der Waals surface area contributed by atoms with Crippen LogP contribution in [0.25, 0.3) is 0 Å². The number of hydrogen-bond acceptors (Lipinski definition) is 9. The first-order valence-electron chi connectivity index (χ1n) is 14.3.